The van der Waals surface area contributed by atoms with Crippen LogP contribution in [0.1, 0.15) is 25.0 Å². The van der Waals surface area contributed by atoms with Crippen molar-refractivity contribution >= 4 is 11.0 Å². The van der Waals surface area contributed by atoms with E-state index in [1.807, 2.05) is 0 Å². The predicted octanol–water partition coefficient (Wildman–Crippen LogP) is 4.13. The fraction of sp³-hybridized carbons (Fsp3) is 0.316. The highest BCUT2D eigenvalue weighted by Crippen LogP contribution is 2.26. The van der Waals surface area contributed by atoms with Crippen LogP contribution >= 0.6 is 0 Å². The van der Waals surface area contributed by atoms with E-state index in [4.69, 9.17) is 10.7 Å². The zero-order chi connectivity index (χ0) is 15.7. The van der Waals surface area contributed by atoms with Crippen molar-refractivity contribution in [2.24, 2.45) is 11.7 Å². The molecule has 0 fully saturated rings. The number of hydrogen-bond acceptors (Lipinski definition) is 2. The number of aromatic nitrogens is 2. The highest BCUT2D eigenvalue weighted by molar-refractivity contribution is 5.81. The van der Waals surface area contributed by atoms with Crippen LogP contribution in [-0.4, -0.2) is 9.55 Å². The Kier molecular flexibility index (Phi) is 3.99. The number of fused-ring (bicyclic) bond motifs is 1. The zero-order valence-electron chi connectivity index (χ0n) is 13.5. The van der Waals surface area contributed by atoms with Crippen LogP contribution in [-0.2, 0) is 13.1 Å². The lowest BCUT2D eigenvalue weighted by Crippen LogP contribution is -2.06. The molecule has 1 aromatic heterocycles. The lowest BCUT2D eigenvalue weighted by molar-refractivity contribution is 0.536. The maximum atomic E-state index is 5.69. The molecule has 0 atom stereocenters. The van der Waals surface area contributed by atoms with Gasteiger partial charge in [0.1, 0.15) is 5.82 Å². The van der Waals surface area contributed by atoms with Crippen molar-refractivity contribution in [1.29, 1.82) is 0 Å². The van der Waals surface area contributed by atoms with Crippen LogP contribution in [0.5, 0.6) is 0 Å². The molecule has 3 rings (SSSR count). The van der Waals surface area contributed by atoms with Gasteiger partial charge in [-0.1, -0.05) is 44.2 Å². The van der Waals surface area contributed by atoms with E-state index in [-0.39, 0.29) is 0 Å². The van der Waals surface area contributed by atoms with E-state index in [9.17, 15) is 0 Å². The van der Waals surface area contributed by atoms with E-state index in [1.54, 1.807) is 0 Å². The van der Waals surface area contributed by atoms with Crippen molar-refractivity contribution < 1.29 is 0 Å². The molecule has 0 saturated heterocycles. The lowest BCUT2D eigenvalue weighted by atomic mass is 10.1. The molecule has 0 spiro atoms. The summed E-state index contributed by atoms with van der Waals surface area (Å²) in [6.45, 7) is 8.12. The summed E-state index contributed by atoms with van der Waals surface area (Å²) < 4.78 is 2.33. The third-order valence-corrected chi connectivity index (χ3v) is 3.90. The van der Waals surface area contributed by atoms with Gasteiger partial charge in [-0.15, -0.1) is 0 Å². The monoisotopic (exact) mass is 293 g/mol. The number of rotatable bonds is 4. The maximum absolute atomic E-state index is 5.69. The molecule has 0 aliphatic carbocycles. The fourth-order valence-electron chi connectivity index (χ4n) is 2.80. The van der Waals surface area contributed by atoms with Gasteiger partial charge in [-0.25, -0.2) is 4.98 Å². The molecule has 0 amide bonds. The molecule has 2 N–H and O–H groups in total. The summed E-state index contributed by atoms with van der Waals surface area (Å²) in [5, 5.41) is 0. The standard InChI is InChI=1S/C19H23N3/c1-13(2)12-22-18-9-4-14(3)10-17(18)21-19(22)16-7-5-15(11-20)6-8-16/h4-10,13H,11-12,20H2,1-3H3. The van der Waals surface area contributed by atoms with Crippen molar-refractivity contribution in [2.45, 2.75) is 33.9 Å². The van der Waals surface area contributed by atoms with Crippen molar-refractivity contribution in [3.63, 3.8) is 0 Å². The van der Waals surface area contributed by atoms with Gasteiger partial charge in [-0.3, -0.25) is 0 Å². The first-order chi connectivity index (χ1) is 10.6. The molecule has 3 nitrogen and oxygen atoms in total. The first-order valence-corrected chi connectivity index (χ1v) is 7.84. The van der Waals surface area contributed by atoms with Crippen LogP contribution in [0.25, 0.3) is 22.4 Å². The minimum Gasteiger partial charge on any atom is -0.326 e. The van der Waals surface area contributed by atoms with Gasteiger partial charge in [-0.05, 0) is 36.1 Å². The van der Waals surface area contributed by atoms with Crippen molar-refractivity contribution in [2.75, 3.05) is 0 Å². The quantitative estimate of drug-likeness (QED) is 0.786. The second kappa shape index (κ2) is 5.93. The molecule has 3 aromatic rings. The van der Waals surface area contributed by atoms with Gasteiger partial charge < -0.3 is 10.3 Å². The molecule has 22 heavy (non-hydrogen) atoms. The lowest BCUT2D eigenvalue weighted by Gasteiger charge is -2.12. The number of imidazole rings is 1. The predicted molar refractivity (Wildman–Crippen MR) is 92.6 cm³/mol. The molecule has 2 aromatic carbocycles. The average Bonchev–Trinajstić information content (AvgIpc) is 2.84. The Bertz CT molecular complexity index is 782. The van der Waals surface area contributed by atoms with Gasteiger partial charge in [0, 0.05) is 18.7 Å². The minimum atomic E-state index is 0.570. The first-order valence-electron chi connectivity index (χ1n) is 7.84. The van der Waals surface area contributed by atoms with E-state index in [0.717, 1.165) is 29.0 Å². The Morgan fingerprint density at radius 2 is 1.82 bits per heavy atom. The van der Waals surface area contributed by atoms with E-state index >= 15 is 0 Å². The summed E-state index contributed by atoms with van der Waals surface area (Å²) >= 11 is 0. The summed E-state index contributed by atoms with van der Waals surface area (Å²) in [4.78, 5) is 4.88. The summed E-state index contributed by atoms with van der Waals surface area (Å²) in [6, 6.07) is 14.9. The van der Waals surface area contributed by atoms with Crippen molar-refractivity contribution in [3.8, 4) is 11.4 Å². The second-order valence-corrected chi connectivity index (χ2v) is 6.33. The van der Waals surface area contributed by atoms with Crippen LogP contribution in [0.3, 0.4) is 0 Å². The molecule has 1 heterocycles. The van der Waals surface area contributed by atoms with Gasteiger partial charge in [-0.2, -0.15) is 0 Å². The maximum Gasteiger partial charge on any atom is 0.141 e. The molecule has 3 heteroatoms. The Morgan fingerprint density at radius 3 is 2.45 bits per heavy atom. The highest BCUT2D eigenvalue weighted by atomic mass is 15.1. The largest absolute Gasteiger partial charge is 0.326 e. The second-order valence-electron chi connectivity index (χ2n) is 6.33. The van der Waals surface area contributed by atoms with Crippen LogP contribution in [0, 0.1) is 12.8 Å². The van der Waals surface area contributed by atoms with Gasteiger partial charge in [0.2, 0.25) is 0 Å². The zero-order valence-corrected chi connectivity index (χ0v) is 13.5. The number of benzene rings is 2. The van der Waals surface area contributed by atoms with Crippen molar-refractivity contribution in [1.82, 2.24) is 9.55 Å². The van der Waals surface area contributed by atoms with Crippen molar-refractivity contribution in [3.05, 3.63) is 53.6 Å². The third-order valence-electron chi connectivity index (χ3n) is 3.90. The Morgan fingerprint density at radius 1 is 1.09 bits per heavy atom. The number of hydrogen-bond donors (Lipinski definition) is 1. The van der Waals surface area contributed by atoms with Crippen LogP contribution in [0.2, 0.25) is 0 Å². The van der Waals surface area contributed by atoms with E-state index < -0.39 is 0 Å². The van der Waals surface area contributed by atoms with E-state index in [0.29, 0.717) is 12.5 Å². The van der Waals surface area contributed by atoms with E-state index in [1.165, 1.54) is 11.1 Å². The number of aryl methyl sites for hydroxylation is 1. The fourth-order valence-corrected chi connectivity index (χ4v) is 2.80. The molecule has 0 aliphatic heterocycles. The highest BCUT2D eigenvalue weighted by Gasteiger charge is 2.13. The van der Waals surface area contributed by atoms with Gasteiger partial charge in [0.15, 0.2) is 0 Å². The Hall–Kier alpha value is -2.13. The summed E-state index contributed by atoms with van der Waals surface area (Å²) in [5.41, 5.74) is 11.5. The molecule has 0 bridgehead atoms. The molecule has 0 saturated carbocycles. The van der Waals surface area contributed by atoms with E-state index in [2.05, 4.69) is 67.8 Å². The van der Waals surface area contributed by atoms with Crippen LogP contribution < -0.4 is 5.73 Å². The summed E-state index contributed by atoms with van der Waals surface area (Å²) in [6.07, 6.45) is 0. The first kappa shape index (κ1) is 14.8. The minimum absolute atomic E-state index is 0.570. The topological polar surface area (TPSA) is 43.8 Å². The van der Waals surface area contributed by atoms with Gasteiger partial charge in [0.25, 0.3) is 0 Å². The molecule has 0 unspecified atom stereocenters. The molecule has 0 aliphatic rings. The smallest absolute Gasteiger partial charge is 0.141 e. The van der Waals surface area contributed by atoms with Crippen LogP contribution in [0.15, 0.2) is 42.5 Å². The average molecular weight is 293 g/mol. The Labute approximate surface area is 131 Å². The number of nitrogens with two attached hydrogens (primary N) is 1. The van der Waals surface area contributed by atoms with Crippen LogP contribution in [0.4, 0.5) is 0 Å². The third kappa shape index (κ3) is 2.77. The van der Waals surface area contributed by atoms with Gasteiger partial charge >= 0.3 is 0 Å². The molecule has 114 valence electrons. The normalized spacial score (nSPS) is 11.5. The SMILES string of the molecule is Cc1ccc2c(c1)nc(-c1ccc(CN)cc1)n2CC(C)C. The molecule has 0 radical (unpaired) electrons. The molecular formula is C19H23N3. The van der Waals surface area contributed by atoms with Gasteiger partial charge in [0.05, 0.1) is 11.0 Å². The molecular weight excluding hydrogens is 270 g/mol. The Balaban J connectivity index is 2.17. The summed E-state index contributed by atoms with van der Waals surface area (Å²) in [7, 11) is 0. The summed E-state index contributed by atoms with van der Waals surface area (Å²) in [5.74, 6) is 1.61. The number of nitrogens with zero attached hydrogens (tertiary/aromatic N) is 2.